The van der Waals surface area contributed by atoms with Crippen LogP contribution in [-0.4, -0.2) is 152 Å². The number of allylic oxidation sites excluding steroid dienone is 4. The van der Waals surface area contributed by atoms with Crippen LogP contribution in [0.15, 0.2) is 66.3 Å². The van der Waals surface area contributed by atoms with Crippen molar-refractivity contribution in [1.29, 1.82) is 0 Å². The normalized spacial score (nSPS) is 35.7. The van der Waals surface area contributed by atoms with Gasteiger partial charge in [0.25, 0.3) is 0 Å². The number of nitrogens with one attached hydrogen (secondary N) is 3. The van der Waals surface area contributed by atoms with Crippen LogP contribution in [0.25, 0.3) is 0 Å². The van der Waals surface area contributed by atoms with Gasteiger partial charge in [0.15, 0.2) is 29.6 Å². The van der Waals surface area contributed by atoms with Gasteiger partial charge < -0.3 is 75.0 Å². The predicted octanol–water partition coefficient (Wildman–Crippen LogP) is 1.64. The van der Waals surface area contributed by atoms with E-state index in [9.17, 15) is 59.4 Å². The monoisotopic (exact) mass is 1080 g/mol. The molecule has 0 radical (unpaired) electrons. The summed E-state index contributed by atoms with van der Waals surface area (Å²) in [6.07, 6.45) is -5.21. The number of aliphatic hydroxyl groups is 5. The highest BCUT2D eigenvalue weighted by molar-refractivity contribution is 9.09. The van der Waals surface area contributed by atoms with Gasteiger partial charge in [-0.15, -0.1) is 0 Å². The Morgan fingerprint density at radius 3 is 2.36 bits per heavy atom. The van der Waals surface area contributed by atoms with Gasteiger partial charge in [-0.25, -0.2) is 9.59 Å². The van der Waals surface area contributed by atoms with E-state index in [4.69, 9.17) is 28.4 Å². The number of Topliss-reactive ketones (excluding diaryl/α,β-unsaturated/α-hetero) is 1. The molecule has 3 saturated carbocycles. The maximum Gasteiger partial charge on any atom is 0.408 e. The van der Waals surface area contributed by atoms with E-state index in [-0.39, 0.29) is 85.4 Å². The van der Waals surface area contributed by atoms with Crippen molar-refractivity contribution in [3.8, 4) is 5.75 Å². The van der Waals surface area contributed by atoms with Crippen molar-refractivity contribution in [3.63, 3.8) is 0 Å². The van der Waals surface area contributed by atoms with Crippen molar-refractivity contribution in [1.82, 2.24) is 10.6 Å². The second kappa shape index (κ2) is 20.5. The first-order valence-corrected chi connectivity index (χ1v) is 25.4. The summed E-state index contributed by atoms with van der Waals surface area (Å²) in [5.74, 6) is -3.44. The van der Waals surface area contributed by atoms with Gasteiger partial charge in [-0.05, 0) is 72.9 Å². The molecule has 21 nitrogen and oxygen atoms in total. The lowest BCUT2D eigenvalue weighted by molar-refractivity contribution is -0.271. The average Bonchev–Trinajstić information content (AvgIpc) is 3.85. The number of fused-ring (bicyclic) bond motifs is 7. The molecule has 2 aromatic carbocycles. The van der Waals surface area contributed by atoms with Crippen molar-refractivity contribution in [2.45, 2.75) is 119 Å². The van der Waals surface area contributed by atoms with Crippen LogP contribution in [0.1, 0.15) is 68.9 Å². The van der Waals surface area contributed by atoms with Crippen LogP contribution in [0, 0.1) is 28.6 Å². The number of ketones is 2. The molecule has 3 saturated heterocycles. The lowest BCUT2D eigenvalue weighted by atomic mass is 9.46. The van der Waals surface area contributed by atoms with Crippen molar-refractivity contribution < 1.29 is 87.8 Å². The Labute approximate surface area is 427 Å². The molecule has 9 N–H and O–H groups in total. The van der Waals surface area contributed by atoms with Gasteiger partial charge in [0.2, 0.25) is 18.1 Å². The molecular formula is C51H60BrN3O18. The van der Waals surface area contributed by atoms with Crippen LogP contribution < -0.4 is 20.7 Å². The summed E-state index contributed by atoms with van der Waals surface area (Å²) >= 11 is 3.03. The molecule has 73 heavy (non-hydrogen) atoms. The minimum absolute atomic E-state index is 0.0176. The standard InChI is InChI=1S/C51H60BrN3O18/c1-48-13-11-29(57)16-28(48)8-9-30-31-17-36-51(35(59)21-56,49(31,2)19-33(58)39(30)48)73-45(71-36)27-6-3-25(4-7-27)18-50(23-68-24-50)55-47(67)69-22-26-5-10-34(32(15-26)54-37(60)12-14-53-38(61)20-52)70-46-42(64)40(62)41(63)43(72-46)44(65)66/h3-7,10-11,13,15-16,30-31,33,36,39-43,45-46,56,58,62-64H,8-9,12,14,17-24H2,1-2H3,(H,53,61)(H,54,60)(H,55,67)(H,65,66)/t30-,31-,33-,36?,39+,40-,41-,42+,43-,45+,46+,48-,49-,51+/m0/s1. The Kier molecular flexibility index (Phi) is 14.8. The summed E-state index contributed by atoms with van der Waals surface area (Å²) < 4.78 is 35.5. The zero-order valence-corrected chi connectivity index (χ0v) is 41.7. The zero-order chi connectivity index (χ0) is 52.2. The van der Waals surface area contributed by atoms with Gasteiger partial charge >= 0.3 is 12.1 Å². The summed E-state index contributed by atoms with van der Waals surface area (Å²) in [6, 6.07) is 11.6. The molecule has 3 amide bonds. The third-order valence-electron chi connectivity index (χ3n) is 16.3. The summed E-state index contributed by atoms with van der Waals surface area (Å²) in [4.78, 5) is 76.0. The second-order valence-corrected chi connectivity index (χ2v) is 21.3. The van der Waals surface area contributed by atoms with E-state index in [1.165, 1.54) is 18.2 Å². The number of carboxylic acids is 1. The van der Waals surface area contributed by atoms with Gasteiger partial charge in [-0.3, -0.25) is 19.2 Å². The Morgan fingerprint density at radius 1 is 0.932 bits per heavy atom. The number of benzene rings is 2. The molecule has 0 bridgehead atoms. The van der Waals surface area contributed by atoms with E-state index >= 15 is 0 Å². The second-order valence-electron chi connectivity index (χ2n) is 20.7. The summed E-state index contributed by atoms with van der Waals surface area (Å²) in [6.45, 7) is 3.33. The quantitative estimate of drug-likeness (QED) is 0.108. The SMILES string of the molecule is C[C@]12C=CC(=O)C=C1CC[C@@H]1[C@@H]2[C@@H](O)C[C@@]2(C)[C@H]1CC1O[C@@H](c3ccc(CC4(NC(=O)OCc5ccc(O[C@@H]6O[C@H](C(=O)O)[C@@H](O)[C@H](O)[C@H]6O)c(NC(=O)CCNC(=O)CBr)c5)COC4)cc3)O[C@]12C(=O)CO. The number of hydrogen-bond acceptors (Lipinski definition) is 17. The van der Waals surface area contributed by atoms with Crippen LogP contribution in [0.5, 0.6) is 5.75 Å². The number of carbonyl (C=O) groups is 6. The predicted molar refractivity (Wildman–Crippen MR) is 255 cm³/mol. The topological polar surface area (TPSA) is 315 Å². The lowest BCUT2D eigenvalue weighted by Crippen LogP contribution is -2.63. The highest BCUT2D eigenvalue weighted by Crippen LogP contribution is 2.70. The van der Waals surface area contributed by atoms with Crippen LogP contribution in [0.3, 0.4) is 0 Å². The van der Waals surface area contributed by atoms with Gasteiger partial charge in [0, 0.05) is 41.7 Å². The molecule has 22 heteroatoms. The number of amides is 3. The number of alkyl halides is 1. The van der Waals surface area contributed by atoms with Gasteiger partial charge in [0.05, 0.1) is 42.0 Å². The molecular weight excluding hydrogens is 1020 g/mol. The highest BCUT2D eigenvalue weighted by atomic mass is 79.9. The highest BCUT2D eigenvalue weighted by Gasteiger charge is 2.76. The van der Waals surface area contributed by atoms with E-state index in [0.29, 0.717) is 30.4 Å². The van der Waals surface area contributed by atoms with Crippen LogP contribution in [0.4, 0.5) is 10.5 Å². The summed E-state index contributed by atoms with van der Waals surface area (Å²) in [5.41, 5.74) is -0.901. The fourth-order valence-corrected chi connectivity index (χ4v) is 12.9. The lowest BCUT2D eigenvalue weighted by Gasteiger charge is -2.59. The Balaban J connectivity index is 0.843. The van der Waals surface area contributed by atoms with Crippen LogP contribution in [-0.2, 0) is 60.7 Å². The van der Waals surface area contributed by atoms with Gasteiger partial charge in [0.1, 0.15) is 37.3 Å². The van der Waals surface area contributed by atoms with Crippen LogP contribution in [0.2, 0.25) is 0 Å². The Morgan fingerprint density at radius 2 is 1.67 bits per heavy atom. The maximum atomic E-state index is 14.0. The number of carboxylic acid groups (broad SMARTS) is 1. The van der Waals surface area contributed by atoms with Crippen molar-refractivity contribution in [2.75, 3.05) is 37.0 Å². The number of rotatable bonds is 16. The van der Waals surface area contributed by atoms with Gasteiger partial charge in [-0.1, -0.05) is 71.8 Å². The Bertz CT molecular complexity index is 2570. The van der Waals surface area contributed by atoms with Gasteiger partial charge in [-0.2, -0.15) is 0 Å². The number of hydrogen-bond donors (Lipinski definition) is 9. The van der Waals surface area contributed by atoms with E-state index in [0.717, 1.165) is 17.6 Å². The minimum Gasteiger partial charge on any atom is -0.479 e. The number of aliphatic carboxylic acids is 1. The molecule has 14 atom stereocenters. The summed E-state index contributed by atoms with van der Waals surface area (Å²) in [7, 11) is 0. The molecule has 2 aromatic rings. The van der Waals surface area contributed by atoms with E-state index in [1.807, 2.05) is 37.3 Å². The molecule has 394 valence electrons. The fourth-order valence-electron chi connectivity index (χ4n) is 12.7. The molecule has 3 heterocycles. The molecule has 1 unspecified atom stereocenters. The maximum absolute atomic E-state index is 14.0. The molecule has 3 aliphatic heterocycles. The van der Waals surface area contributed by atoms with E-state index in [1.54, 1.807) is 12.2 Å². The zero-order valence-electron chi connectivity index (χ0n) is 40.1. The molecule has 7 aliphatic rings. The first kappa shape index (κ1) is 52.7. The molecule has 0 aromatic heterocycles. The first-order chi connectivity index (χ1) is 34.7. The number of carbonyl (C=O) groups excluding carboxylic acids is 5. The number of alkyl carbamates (subject to hydrolysis) is 1. The molecule has 9 rings (SSSR count). The molecule has 0 spiro atoms. The third-order valence-corrected chi connectivity index (χ3v) is 16.8. The van der Waals surface area contributed by atoms with E-state index in [2.05, 4.69) is 38.8 Å². The Hall–Kier alpha value is -5.14. The van der Waals surface area contributed by atoms with Crippen molar-refractivity contribution >= 4 is 57.1 Å². The summed E-state index contributed by atoms with van der Waals surface area (Å²) in [5, 5.41) is 71.0. The van der Waals surface area contributed by atoms with E-state index < -0.39 is 102 Å². The first-order valence-electron chi connectivity index (χ1n) is 24.3. The largest absolute Gasteiger partial charge is 0.479 e. The number of anilines is 1. The third kappa shape index (κ3) is 9.63. The van der Waals surface area contributed by atoms with Crippen molar-refractivity contribution in [3.05, 3.63) is 83.0 Å². The fraction of sp³-hybridized carbons (Fsp3) is 0.569. The van der Waals surface area contributed by atoms with Crippen LogP contribution >= 0.6 is 15.9 Å². The molecule has 4 aliphatic carbocycles. The van der Waals surface area contributed by atoms with Crippen molar-refractivity contribution in [2.24, 2.45) is 28.6 Å². The smallest absolute Gasteiger partial charge is 0.408 e. The average molecular weight is 1080 g/mol. The number of ether oxygens (including phenoxy) is 6. The number of halogens is 1. The molecule has 6 fully saturated rings. The number of aliphatic hydroxyl groups excluding tert-OH is 5. The minimum atomic E-state index is -1.97.